The lowest BCUT2D eigenvalue weighted by molar-refractivity contribution is 1.18. The van der Waals surface area contributed by atoms with Crippen LogP contribution in [0.15, 0.2) is 170 Å². The maximum atomic E-state index is 6.81. The standard InChI is InChI=1S/C48H28ClNS2/c49-35-23-33(30-17-21-46-41(26-30)39-11-5-7-13-45(39)51-46)22-34(24-35)32-15-19-40-42-25-29(16-20-47(42)52-48(40)28-32)31-14-18-38-37-10-4-6-12-43(37)50(44(38)27-31)36-8-2-1-3-9-36/h1-28H. The molecule has 0 atom stereocenters. The van der Waals surface area contributed by atoms with Crippen LogP contribution >= 0.6 is 34.3 Å². The van der Waals surface area contributed by atoms with E-state index < -0.39 is 0 Å². The first-order valence-corrected chi connectivity index (χ1v) is 19.4. The van der Waals surface area contributed by atoms with Crippen LogP contribution < -0.4 is 0 Å². The molecule has 4 heteroatoms. The van der Waals surface area contributed by atoms with Gasteiger partial charge in [-0.2, -0.15) is 0 Å². The van der Waals surface area contributed by atoms with E-state index in [1.807, 2.05) is 22.7 Å². The maximum absolute atomic E-state index is 6.81. The van der Waals surface area contributed by atoms with Crippen LogP contribution in [0.1, 0.15) is 0 Å². The zero-order valence-corrected chi connectivity index (χ0v) is 30.2. The van der Waals surface area contributed by atoms with Gasteiger partial charge in [0.1, 0.15) is 0 Å². The summed E-state index contributed by atoms with van der Waals surface area (Å²) < 4.78 is 7.58. The number of aromatic nitrogens is 1. The van der Waals surface area contributed by atoms with Gasteiger partial charge in [0.05, 0.1) is 11.0 Å². The molecule has 11 aromatic rings. The van der Waals surface area contributed by atoms with Crippen molar-refractivity contribution >= 4 is 96.4 Å². The lowest BCUT2D eigenvalue weighted by atomic mass is 9.97. The van der Waals surface area contributed by atoms with Gasteiger partial charge in [-0.25, -0.2) is 0 Å². The fourth-order valence-corrected chi connectivity index (χ4v) is 10.4. The highest BCUT2D eigenvalue weighted by Gasteiger charge is 2.15. The Morgan fingerprint density at radius 3 is 1.62 bits per heavy atom. The van der Waals surface area contributed by atoms with Crippen LogP contribution in [-0.4, -0.2) is 4.57 Å². The quantitative estimate of drug-likeness (QED) is 0.171. The molecule has 0 aliphatic heterocycles. The molecule has 3 heterocycles. The Kier molecular flexibility index (Phi) is 6.72. The Morgan fingerprint density at radius 2 is 0.846 bits per heavy atom. The summed E-state index contributed by atoms with van der Waals surface area (Å²) in [6.07, 6.45) is 0. The summed E-state index contributed by atoms with van der Waals surface area (Å²) in [4.78, 5) is 0. The van der Waals surface area contributed by atoms with Crippen molar-refractivity contribution in [2.24, 2.45) is 0 Å². The first kappa shape index (κ1) is 30.0. The number of benzene rings is 8. The number of thiophene rings is 2. The van der Waals surface area contributed by atoms with Crippen LogP contribution in [0.25, 0.3) is 101 Å². The second kappa shape index (κ2) is 11.7. The Balaban J connectivity index is 0.992. The molecule has 0 radical (unpaired) electrons. The number of fused-ring (bicyclic) bond motifs is 9. The summed E-state index contributed by atoms with van der Waals surface area (Å²) in [5.74, 6) is 0. The summed E-state index contributed by atoms with van der Waals surface area (Å²) in [7, 11) is 0. The zero-order chi connectivity index (χ0) is 34.3. The fourth-order valence-electron chi connectivity index (χ4n) is 7.97. The third-order valence-electron chi connectivity index (χ3n) is 10.4. The van der Waals surface area contributed by atoms with E-state index in [9.17, 15) is 0 Å². The molecule has 0 aliphatic carbocycles. The molecule has 52 heavy (non-hydrogen) atoms. The van der Waals surface area contributed by atoms with E-state index in [1.54, 1.807) is 0 Å². The van der Waals surface area contributed by atoms with Gasteiger partial charge >= 0.3 is 0 Å². The lowest BCUT2D eigenvalue weighted by Crippen LogP contribution is -1.93. The molecule has 0 N–H and O–H groups in total. The summed E-state index contributed by atoms with van der Waals surface area (Å²) in [6, 6.07) is 61.9. The SMILES string of the molecule is Clc1cc(-c2ccc3c(c2)sc2ccc(-c4ccc5c6ccccc6n(-c6ccccc6)c5c4)cc23)cc(-c2ccc3sc4ccccc4c3c2)c1. The average molecular weight is 718 g/mol. The third kappa shape index (κ3) is 4.74. The van der Waals surface area contributed by atoms with Crippen LogP contribution in [0.3, 0.4) is 0 Å². The Bertz CT molecular complexity index is 3200. The molecule has 3 aromatic heterocycles. The van der Waals surface area contributed by atoms with Gasteiger partial charge in [0.25, 0.3) is 0 Å². The second-order valence-corrected chi connectivity index (χ2v) is 16.1. The number of para-hydroxylation sites is 2. The predicted molar refractivity (Wildman–Crippen MR) is 228 cm³/mol. The molecule has 0 aliphatic rings. The van der Waals surface area contributed by atoms with E-state index >= 15 is 0 Å². The topological polar surface area (TPSA) is 4.93 Å². The normalized spacial score (nSPS) is 11.9. The van der Waals surface area contributed by atoms with Gasteiger partial charge in [0.2, 0.25) is 0 Å². The van der Waals surface area contributed by atoms with Crippen LogP contribution in [-0.2, 0) is 0 Å². The minimum absolute atomic E-state index is 0.743. The fraction of sp³-hybridized carbons (Fsp3) is 0. The number of hydrogen-bond acceptors (Lipinski definition) is 2. The van der Waals surface area contributed by atoms with Crippen molar-refractivity contribution in [3.63, 3.8) is 0 Å². The molecular formula is C48H28ClNS2. The van der Waals surface area contributed by atoms with E-state index in [1.165, 1.54) is 90.1 Å². The minimum atomic E-state index is 0.743. The Labute approximate surface area is 313 Å². The van der Waals surface area contributed by atoms with Crippen molar-refractivity contribution in [2.45, 2.75) is 0 Å². The molecule has 1 nitrogen and oxygen atoms in total. The largest absolute Gasteiger partial charge is 0.309 e. The van der Waals surface area contributed by atoms with E-state index in [2.05, 4.69) is 174 Å². The van der Waals surface area contributed by atoms with Gasteiger partial charge in [0.15, 0.2) is 0 Å². The molecule has 0 bridgehead atoms. The highest BCUT2D eigenvalue weighted by molar-refractivity contribution is 7.26. The molecule has 0 unspecified atom stereocenters. The van der Waals surface area contributed by atoms with Gasteiger partial charge in [-0.15, -0.1) is 22.7 Å². The zero-order valence-electron chi connectivity index (χ0n) is 27.8. The maximum Gasteiger partial charge on any atom is 0.0547 e. The molecule has 0 amide bonds. The monoisotopic (exact) mass is 717 g/mol. The Hall–Kier alpha value is -5.71. The molecule has 0 saturated heterocycles. The number of rotatable bonds is 4. The summed E-state index contributed by atoms with van der Waals surface area (Å²) in [6.45, 7) is 0. The highest BCUT2D eigenvalue weighted by atomic mass is 35.5. The molecule has 0 fully saturated rings. The molecule has 0 saturated carbocycles. The van der Waals surface area contributed by atoms with Gasteiger partial charge in [-0.05, 0) is 112 Å². The van der Waals surface area contributed by atoms with Crippen molar-refractivity contribution in [1.82, 2.24) is 4.57 Å². The van der Waals surface area contributed by atoms with E-state index in [0.717, 1.165) is 16.1 Å². The van der Waals surface area contributed by atoms with Crippen molar-refractivity contribution in [1.29, 1.82) is 0 Å². The number of nitrogens with zero attached hydrogens (tertiary/aromatic N) is 1. The summed E-state index contributed by atoms with van der Waals surface area (Å²) >= 11 is 10.5. The number of hydrogen-bond donors (Lipinski definition) is 0. The predicted octanol–water partition coefficient (Wildman–Crippen LogP) is 15.2. The van der Waals surface area contributed by atoms with Gasteiger partial charge in [-0.3, -0.25) is 0 Å². The molecule has 244 valence electrons. The molecule has 8 aromatic carbocycles. The van der Waals surface area contributed by atoms with Crippen molar-refractivity contribution < 1.29 is 0 Å². The molecule has 0 spiro atoms. The van der Waals surface area contributed by atoms with Crippen molar-refractivity contribution in [3.05, 3.63) is 175 Å². The van der Waals surface area contributed by atoms with Gasteiger partial charge < -0.3 is 4.57 Å². The van der Waals surface area contributed by atoms with Crippen LogP contribution in [0.4, 0.5) is 0 Å². The van der Waals surface area contributed by atoms with Crippen molar-refractivity contribution in [3.8, 4) is 39.1 Å². The first-order chi connectivity index (χ1) is 25.6. The first-order valence-electron chi connectivity index (χ1n) is 17.4. The van der Waals surface area contributed by atoms with E-state index in [4.69, 9.17) is 11.6 Å². The van der Waals surface area contributed by atoms with E-state index in [-0.39, 0.29) is 0 Å². The van der Waals surface area contributed by atoms with Crippen molar-refractivity contribution in [2.75, 3.05) is 0 Å². The smallest absolute Gasteiger partial charge is 0.0547 e. The summed E-state index contributed by atoms with van der Waals surface area (Å²) in [5, 5.41) is 8.45. The van der Waals surface area contributed by atoms with Crippen LogP contribution in [0, 0.1) is 0 Å². The van der Waals surface area contributed by atoms with Gasteiger partial charge in [-0.1, -0.05) is 103 Å². The van der Waals surface area contributed by atoms with Crippen LogP contribution in [0.2, 0.25) is 5.02 Å². The number of halogens is 1. The van der Waals surface area contributed by atoms with Gasteiger partial charge in [0, 0.05) is 61.8 Å². The third-order valence-corrected chi connectivity index (χ3v) is 12.9. The minimum Gasteiger partial charge on any atom is -0.309 e. The molecule has 11 rings (SSSR count). The average Bonchev–Trinajstić information content (AvgIpc) is 3.86. The second-order valence-electron chi connectivity index (χ2n) is 13.5. The van der Waals surface area contributed by atoms with E-state index in [0.29, 0.717) is 0 Å². The lowest BCUT2D eigenvalue weighted by Gasteiger charge is -2.09. The summed E-state index contributed by atoms with van der Waals surface area (Å²) in [5.41, 5.74) is 10.6. The Morgan fingerprint density at radius 1 is 0.327 bits per heavy atom. The van der Waals surface area contributed by atoms with Crippen LogP contribution in [0.5, 0.6) is 0 Å². The highest BCUT2D eigenvalue weighted by Crippen LogP contribution is 2.42. The molecular weight excluding hydrogens is 690 g/mol.